The molecule has 0 fully saturated rings. The monoisotopic (exact) mass is 313 g/mol. The van der Waals surface area contributed by atoms with E-state index in [9.17, 15) is 13.2 Å². The second-order valence-electron chi connectivity index (χ2n) is 4.98. The van der Waals surface area contributed by atoms with Gasteiger partial charge in [0.1, 0.15) is 0 Å². The molecule has 0 aliphatic heterocycles. The summed E-state index contributed by atoms with van der Waals surface area (Å²) in [5, 5.41) is 0. The number of hydrogen-bond acceptors (Lipinski definition) is 4. The number of methoxy groups -OCH3 is 1. The smallest absolute Gasteiger partial charge is 0.337 e. The predicted molar refractivity (Wildman–Crippen MR) is 82.5 cm³/mol. The highest BCUT2D eigenvalue weighted by molar-refractivity contribution is 7.88. The highest BCUT2D eigenvalue weighted by atomic mass is 32.2. The lowest BCUT2D eigenvalue weighted by atomic mass is 10.0. The van der Waals surface area contributed by atoms with Crippen LogP contribution in [0.25, 0.3) is 0 Å². The standard InChI is InChI=1S/C15H23NO4S/c1-4-12(5-2)10-16-21(18,19)11-13-6-8-14(9-7-13)15(17)20-3/h6-9,12,16H,4-5,10-11H2,1-3H3. The van der Waals surface area contributed by atoms with Crippen molar-refractivity contribution in [3.8, 4) is 0 Å². The van der Waals surface area contributed by atoms with Gasteiger partial charge < -0.3 is 4.74 Å². The lowest BCUT2D eigenvalue weighted by molar-refractivity contribution is 0.0600. The molecule has 21 heavy (non-hydrogen) atoms. The van der Waals surface area contributed by atoms with Crippen molar-refractivity contribution in [2.75, 3.05) is 13.7 Å². The van der Waals surface area contributed by atoms with Gasteiger partial charge in [-0.1, -0.05) is 38.8 Å². The third-order valence-electron chi connectivity index (χ3n) is 3.48. The maximum absolute atomic E-state index is 12.0. The Labute approximate surface area is 126 Å². The van der Waals surface area contributed by atoms with Crippen molar-refractivity contribution >= 4 is 16.0 Å². The topological polar surface area (TPSA) is 72.5 Å². The van der Waals surface area contributed by atoms with E-state index in [0.717, 1.165) is 12.8 Å². The third kappa shape index (κ3) is 5.85. The van der Waals surface area contributed by atoms with E-state index in [1.807, 2.05) is 13.8 Å². The van der Waals surface area contributed by atoms with Crippen molar-refractivity contribution in [1.82, 2.24) is 4.72 Å². The molecule has 0 spiro atoms. The molecule has 118 valence electrons. The fourth-order valence-electron chi connectivity index (χ4n) is 1.95. The Bertz CT molecular complexity index is 548. The van der Waals surface area contributed by atoms with E-state index in [-0.39, 0.29) is 5.75 Å². The van der Waals surface area contributed by atoms with E-state index in [4.69, 9.17) is 0 Å². The SMILES string of the molecule is CCC(CC)CNS(=O)(=O)Cc1ccc(C(=O)OC)cc1. The van der Waals surface area contributed by atoms with Crippen molar-refractivity contribution in [2.45, 2.75) is 32.4 Å². The largest absolute Gasteiger partial charge is 0.465 e. The highest BCUT2D eigenvalue weighted by Crippen LogP contribution is 2.10. The molecule has 1 N–H and O–H groups in total. The lowest BCUT2D eigenvalue weighted by Crippen LogP contribution is -2.30. The molecule has 0 aliphatic rings. The second kappa shape index (κ2) is 8.14. The van der Waals surface area contributed by atoms with Gasteiger partial charge in [0.15, 0.2) is 0 Å². The van der Waals surface area contributed by atoms with Crippen LogP contribution in [0, 0.1) is 5.92 Å². The van der Waals surface area contributed by atoms with Crippen molar-refractivity contribution < 1.29 is 17.9 Å². The quantitative estimate of drug-likeness (QED) is 0.748. The zero-order valence-corrected chi connectivity index (χ0v) is 13.6. The molecule has 5 nitrogen and oxygen atoms in total. The zero-order chi connectivity index (χ0) is 15.9. The summed E-state index contributed by atoms with van der Waals surface area (Å²) < 4.78 is 31.3. The Balaban J connectivity index is 2.65. The summed E-state index contributed by atoms with van der Waals surface area (Å²) in [5.74, 6) is -0.160. The number of carbonyl (C=O) groups excluding carboxylic acids is 1. The Hall–Kier alpha value is -1.40. The van der Waals surface area contributed by atoms with Gasteiger partial charge in [0.2, 0.25) is 10.0 Å². The van der Waals surface area contributed by atoms with Gasteiger partial charge in [-0.25, -0.2) is 17.9 Å². The Kier molecular flexibility index (Phi) is 6.84. The van der Waals surface area contributed by atoms with Crippen LogP contribution in [0.5, 0.6) is 0 Å². The first-order chi connectivity index (χ1) is 9.91. The predicted octanol–water partition coefficient (Wildman–Crippen LogP) is 2.33. The van der Waals surface area contributed by atoms with Gasteiger partial charge in [0.05, 0.1) is 18.4 Å². The molecule has 0 aromatic heterocycles. The fourth-order valence-corrected chi connectivity index (χ4v) is 3.17. The number of rotatable bonds is 8. The van der Waals surface area contributed by atoms with Crippen molar-refractivity contribution in [3.63, 3.8) is 0 Å². The van der Waals surface area contributed by atoms with Crippen LogP contribution in [0.4, 0.5) is 0 Å². The summed E-state index contributed by atoms with van der Waals surface area (Å²) in [6.07, 6.45) is 1.90. The molecule has 0 amide bonds. The van der Waals surface area contributed by atoms with Gasteiger partial charge >= 0.3 is 5.97 Å². The average Bonchev–Trinajstić information content (AvgIpc) is 2.47. The maximum Gasteiger partial charge on any atom is 0.337 e. The molecule has 0 saturated heterocycles. The number of sulfonamides is 1. The summed E-state index contributed by atoms with van der Waals surface area (Å²) in [5.41, 5.74) is 1.04. The number of hydrogen-bond donors (Lipinski definition) is 1. The summed E-state index contributed by atoms with van der Waals surface area (Å²) in [7, 11) is -2.05. The minimum Gasteiger partial charge on any atom is -0.465 e. The third-order valence-corrected chi connectivity index (χ3v) is 4.80. The molecule has 0 radical (unpaired) electrons. The minimum absolute atomic E-state index is 0.0887. The molecule has 1 rings (SSSR count). The Morgan fingerprint density at radius 1 is 1.19 bits per heavy atom. The van der Waals surface area contributed by atoms with Crippen LogP contribution in [0.15, 0.2) is 24.3 Å². The molecule has 0 atom stereocenters. The van der Waals surface area contributed by atoms with Crippen molar-refractivity contribution in [3.05, 3.63) is 35.4 Å². The van der Waals surface area contributed by atoms with E-state index in [2.05, 4.69) is 9.46 Å². The van der Waals surface area contributed by atoms with Gasteiger partial charge in [0.25, 0.3) is 0 Å². The van der Waals surface area contributed by atoms with Gasteiger partial charge in [-0.3, -0.25) is 0 Å². The highest BCUT2D eigenvalue weighted by Gasteiger charge is 2.14. The van der Waals surface area contributed by atoms with Crippen LogP contribution in [-0.2, 0) is 20.5 Å². The van der Waals surface area contributed by atoms with Gasteiger partial charge in [-0.05, 0) is 23.6 Å². The van der Waals surface area contributed by atoms with Gasteiger partial charge in [0, 0.05) is 6.54 Å². The molecule has 0 aliphatic carbocycles. The van der Waals surface area contributed by atoms with Crippen LogP contribution in [0.1, 0.15) is 42.6 Å². The van der Waals surface area contributed by atoms with E-state index in [1.54, 1.807) is 24.3 Å². The summed E-state index contributed by atoms with van der Waals surface area (Å²) in [6, 6.07) is 6.39. The first-order valence-electron chi connectivity index (χ1n) is 7.06. The van der Waals surface area contributed by atoms with Crippen LogP contribution in [-0.4, -0.2) is 28.0 Å². The Morgan fingerprint density at radius 2 is 1.76 bits per heavy atom. The first-order valence-corrected chi connectivity index (χ1v) is 8.71. The molecule has 1 aromatic carbocycles. The molecule has 0 bridgehead atoms. The van der Waals surface area contributed by atoms with Gasteiger partial charge in [-0.15, -0.1) is 0 Å². The molecule has 6 heteroatoms. The lowest BCUT2D eigenvalue weighted by Gasteiger charge is -2.13. The van der Waals surface area contributed by atoms with E-state index >= 15 is 0 Å². The zero-order valence-electron chi connectivity index (χ0n) is 12.8. The van der Waals surface area contributed by atoms with Crippen molar-refractivity contribution in [1.29, 1.82) is 0 Å². The summed E-state index contributed by atoms with van der Waals surface area (Å²) in [6.45, 7) is 4.57. The first kappa shape index (κ1) is 17.7. The van der Waals surface area contributed by atoms with E-state index < -0.39 is 16.0 Å². The number of benzene rings is 1. The maximum atomic E-state index is 12.0. The van der Waals surface area contributed by atoms with Crippen LogP contribution >= 0.6 is 0 Å². The molecule has 0 unspecified atom stereocenters. The fraction of sp³-hybridized carbons (Fsp3) is 0.533. The molecule has 0 heterocycles. The second-order valence-corrected chi connectivity index (χ2v) is 6.79. The molecular formula is C15H23NO4S. The summed E-state index contributed by atoms with van der Waals surface area (Å²) >= 11 is 0. The number of nitrogens with one attached hydrogen (secondary N) is 1. The number of carbonyl (C=O) groups is 1. The summed E-state index contributed by atoms with van der Waals surface area (Å²) in [4.78, 5) is 11.3. The van der Waals surface area contributed by atoms with Crippen molar-refractivity contribution in [2.24, 2.45) is 5.92 Å². The molecular weight excluding hydrogens is 290 g/mol. The van der Waals surface area contributed by atoms with Crippen LogP contribution in [0.3, 0.4) is 0 Å². The molecule has 1 aromatic rings. The van der Waals surface area contributed by atoms with E-state index in [1.165, 1.54) is 7.11 Å². The number of esters is 1. The van der Waals surface area contributed by atoms with E-state index in [0.29, 0.717) is 23.6 Å². The average molecular weight is 313 g/mol. The van der Waals surface area contributed by atoms with Crippen LogP contribution < -0.4 is 4.72 Å². The normalized spacial score (nSPS) is 11.6. The molecule has 0 saturated carbocycles. The van der Waals surface area contributed by atoms with Crippen LogP contribution in [0.2, 0.25) is 0 Å². The number of ether oxygens (including phenoxy) is 1. The van der Waals surface area contributed by atoms with Gasteiger partial charge in [-0.2, -0.15) is 0 Å². The Morgan fingerprint density at radius 3 is 2.24 bits per heavy atom. The minimum atomic E-state index is -3.35.